The molecule has 1 aromatic heterocycles. The summed E-state index contributed by atoms with van der Waals surface area (Å²) in [4.78, 5) is 8.43. The van der Waals surface area contributed by atoms with Crippen molar-refractivity contribution in [1.29, 1.82) is 0 Å². The molecule has 0 aliphatic carbocycles. The minimum absolute atomic E-state index is 0.105. The van der Waals surface area contributed by atoms with Crippen LogP contribution in [0.1, 0.15) is 37.8 Å². The van der Waals surface area contributed by atoms with Crippen molar-refractivity contribution in [2.45, 2.75) is 39.2 Å². The Balaban J connectivity index is 2.08. The third-order valence-electron chi connectivity index (χ3n) is 2.97. The number of aromatic nitrogens is 2. The van der Waals surface area contributed by atoms with E-state index < -0.39 is 0 Å². The second-order valence-electron chi connectivity index (χ2n) is 5.38. The van der Waals surface area contributed by atoms with E-state index in [2.05, 4.69) is 29.9 Å². The number of nitrogens with two attached hydrogens (primary N) is 1. The van der Waals surface area contributed by atoms with Crippen molar-refractivity contribution in [3.8, 4) is 11.8 Å². The predicted octanol–water partition coefficient (Wildman–Crippen LogP) is 3.28. The van der Waals surface area contributed by atoms with Crippen LogP contribution in [0.5, 0.6) is 11.8 Å². The molecule has 2 aromatic rings. The molecular formula is C16H21N3O. The van der Waals surface area contributed by atoms with Gasteiger partial charge in [0.15, 0.2) is 0 Å². The minimum atomic E-state index is 0.105. The van der Waals surface area contributed by atoms with Crippen molar-refractivity contribution in [2.24, 2.45) is 5.73 Å². The zero-order chi connectivity index (χ0) is 14.5. The Kier molecular flexibility index (Phi) is 4.69. The predicted molar refractivity (Wildman–Crippen MR) is 80.0 cm³/mol. The van der Waals surface area contributed by atoms with Crippen molar-refractivity contribution in [2.75, 3.05) is 0 Å². The van der Waals surface area contributed by atoms with E-state index in [9.17, 15) is 0 Å². The second-order valence-corrected chi connectivity index (χ2v) is 5.38. The normalized spacial score (nSPS) is 12.4. The number of rotatable bonds is 5. The number of hydrogen-bond acceptors (Lipinski definition) is 4. The van der Waals surface area contributed by atoms with Crippen LogP contribution >= 0.6 is 0 Å². The molecule has 0 saturated heterocycles. The van der Waals surface area contributed by atoms with E-state index in [1.54, 1.807) is 12.4 Å². The Bertz CT molecular complexity index is 550. The highest BCUT2D eigenvalue weighted by Crippen LogP contribution is 2.23. The molecule has 0 fully saturated rings. The van der Waals surface area contributed by atoms with Gasteiger partial charge in [-0.15, -0.1) is 0 Å². The number of hydrogen-bond donors (Lipinski definition) is 1. The molecule has 2 N–H and O–H groups in total. The first kappa shape index (κ1) is 14.5. The summed E-state index contributed by atoms with van der Waals surface area (Å²) in [6, 6.07) is 8.46. The largest absolute Gasteiger partial charge is 0.424 e. The topological polar surface area (TPSA) is 61.0 Å². The van der Waals surface area contributed by atoms with Gasteiger partial charge < -0.3 is 10.5 Å². The van der Waals surface area contributed by atoms with Crippen molar-refractivity contribution in [3.05, 3.63) is 47.8 Å². The van der Waals surface area contributed by atoms with E-state index in [0.717, 1.165) is 17.7 Å². The summed E-state index contributed by atoms with van der Waals surface area (Å²) in [6.07, 6.45) is 4.29. The molecule has 20 heavy (non-hydrogen) atoms. The van der Waals surface area contributed by atoms with E-state index in [-0.39, 0.29) is 6.04 Å². The third-order valence-corrected chi connectivity index (χ3v) is 2.97. The van der Waals surface area contributed by atoms with Gasteiger partial charge in [0, 0.05) is 18.4 Å². The molecule has 0 aliphatic rings. The molecule has 4 nitrogen and oxygen atoms in total. The van der Waals surface area contributed by atoms with Crippen LogP contribution in [0.3, 0.4) is 0 Å². The molecule has 2 rings (SSSR count). The van der Waals surface area contributed by atoms with Gasteiger partial charge in [-0.1, -0.05) is 26.0 Å². The average molecular weight is 271 g/mol. The van der Waals surface area contributed by atoms with Gasteiger partial charge in [0.2, 0.25) is 0 Å². The standard InChI is InChI=1S/C16H21N3O/c1-11(2)14-5-4-6-15(8-14)20-16-18-9-13(10-19-16)7-12(3)17/h4-6,8-12H,7,17H2,1-3H3. The second kappa shape index (κ2) is 6.48. The van der Waals surface area contributed by atoms with Crippen LogP contribution in [0, 0.1) is 0 Å². The Hall–Kier alpha value is -1.94. The molecule has 4 heteroatoms. The molecule has 106 valence electrons. The molecule has 0 aliphatic heterocycles. The first-order chi connectivity index (χ1) is 9.54. The van der Waals surface area contributed by atoms with Gasteiger partial charge in [-0.2, -0.15) is 0 Å². The van der Waals surface area contributed by atoms with Crippen LogP contribution < -0.4 is 10.5 Å². The highest BCUT2D eigenvalue weighted by Gasteiger charge is 2.05. The lowest BCUT2D eigenvalue weighted by Crippen LogP contribution is -2.17. The fourth-order valence-corrected chi connectivity index (χ4v) is 1.92. The van der Waals surface area contributed by atoms with Gasteiger partial charge >= 0.3 is 6.01 Å². The van der Waals surface area contributed by atoms with E-state index in [0.29, 0.717) is 11.9 Å². The van der Waals surface area contributed by atoms with Gasteiger partial charge in [0.05, 0.1) is 0 Å². The number of nitrogens with zero attached hydrogens (tertiary/aromatic N) is 2. The molecule has 0 saturated carbocycles. The maximum atomic E-state index is 5.74. The van der Waals surface area contributed by atoms with E-state index in [1.165, 1.54) is 5.56 Å². The first-order valence-electron chi connectivity index (χ1n) is 6.89. The summed E-state index contributed by atoms with van der Waals surface area (Å²) < 4.78 is 5.68. The summed E-state index contributed by atoms with van der Waals surface area (Å²) >= 11 is 0. The average Bonchev–Trinajstić information content (AvgIpc) is 2.41. The van der Waals surface area contributed by atoms with Crippen molar-refractivity contribution < 1.29 is 4.74 Å². The molecule has 0 bridgehead atoms. The molecular weight excluding hydrogens is 250 g/mol. The van der Waals surface area contributed by atoms with Crippen molar-refractivity contribution >= 4 is 0 Å². The van der Waals surface area contributed by atoms with Gasteiger partial charge in [-0.05, 0) is 42.5 Å². The van der Waals surface area contributed by atoms with Crippen LogP contribution in [-0.4, -0.2) is 16.0 Å². The summed E-state index contributed by atoms with van der Waals surface area (Å²) in [5.74, 6) is 1.23. The third kappa shape index (κ3) is 4.03. The van der Waals surface area contributed by atoms with Crippen LogP contribution in [0.25, 0.3) is 0 Å². The molecule has 0 amide bonds. The Morgan fingerprint density at radius 2 is 1.85 bits per heavy atom. The van der Waals surface area contributed by atoms with E-state index >= 15 is 0 Å². The lowest BCUT2D eigenvalue weighted by molar-refractivity contribution is 0.440. The number of benzene rings is 1. The van der Waals surface area contributed by atoms with Crippen LogP contribution in [-0.2, 0) is 6.42 Å². The Labute approximate surface area is 120 Å². The SMILES string of the molecule is CC(N)Cc1cnc(Oc2cccc(C(C)C)c2)nc1. The Morgan fingerprint density at radius 1 is 1.15 bits per heavy atom. The summed E-state index contributed by atoms with van der Waals surface area (Å²) in [5.41, 5.74) is 7.99. The number of ether oxygens (including phenoxy) is 1. The van der Waals surface area contributed by atoms with E-state index in [4.69, 9.17) is 10.5 Å². The fraction of sp³-hybridized carbons (Fsp3) is 0.375. The molecule has 0 spiro atoms. The maximum Gasteiger partial charge on any atom is 0.321 e. The summed E-state index contributed by atoms with van der Waals surface area (Å²) in [5, 5.41) is 0. The maximum absolute atomic E-state index is 5.74. The lowest BCUT2D eigenvalue weighted by atomic mass is 10.0. The van der Waals surface area contributed by atoms with Gasteiger partial charge in [-0.3, -0.25) is 0 Å². The molecule has 1 unspecified atom stereocenters. The smallest absolute Gasteiger partial charge is 0.321 e. The molecule has 1 atom stereocenters. The quantitative estimate of drug-likeness (QED) is 0.906. The van der Waals surface area contributed by atoms with Gasteiger partial charge in [-0.25, -0.2) is 9.97 Å². The van der Waals surface area contributed by atoms with E-state index in [1.807, 2.05) is 25.1 Å². The lowest BCUT2D eigenvalue weighted by Gasteiger charge is -2.09. The van der Waals surface area contributed by atoms with Crippen molar-refractivity contribution in [3.63, 3.8) is 0 Å². The van der Waals surface area contributed by atoms with Gasteiger partial charge in [0.1, 0.15) is 5.75 Å². The van der Waals surface area contributed by atoms with Crippen LogP contribution in [0.2, 0.25) is 0 Å². The monoisotopic (exact) mass is 271 g/mol. The fourth-order valence-electron chi connectivity index (χ4n) is 1.92. The molecule has 1 heterocycles. The van der Waals surface area contributed by atoms with Crippen LogP contribution in [0.15, 0.2) is 36.7 Å². The van der Waals surface area contributed by atoms with Crippen LogP contribution in [0.4, 0.5) is 0 Å². The zero-order valence-electron chi connectivity index (χ0n) is 12.2. The van der Waals surface area contributed by atoms with Gasteiger partial charge in [0.25, 0.3) is 0 Å². The summed E-state index contributed by atoms with van der Waals surface area (Å²) in [7, 11) is 0. The molecule has 1 aromatic carbocycles. The highest BCUT2D eigenvalue weighted by molar-refractivity contribution is 5.32. The zero-order valence-corrected chi connectivity index (χ0v) is 12.2. The minimum Gasteiger partial charge on any atom is -0.424 e. The first-order valence-corrected chi connectivity index (χ1v) is 6.89. The summed E-state index contributed by atoms with van der Waals surface area (Å²) in [6.45, 7) is 6.26. The Morgan fingerprint density at radius 3 is 2.45 bits per heavy atom. The van der Waals surface area contributed by atoms with Crippen molar-refractivity contribution in [1.82, 2.24) is 9.97 Å². The molecule has 0 radical (unpaired) electrons. The highest BCUT2D eigenvalue weighted by atomic mass is 16.5.